The molecule has 0 aliphatic carbocycles. The van der Waals surface area contributed by atoms with Crippen LogP contribution in [0, 0.1) is 5.41 Å². The van der Waals surface area contributed by atoms with Gasteiger partial charge in [-0.2, -0.15) is 0 Å². The molecule has 0 aromatic rings. The SMILES string of the molecule is CC.CCCC.CCCCC1(CC)CCN(C)C1=O. The van der Waals surface area contributed by atoms with Crippen molar-refractivity contribution in [2.45, 2.75) is 86.5 Å². The monoisotopic (exact) mass is 271 g/mol. The highest BCUT2D eigenvalue weighted by Crippen LogP contribution is 2.39. The molecule has 2 nitrogen and oxygen atoms in total. The summed E-state index contributed by atoms with van der Waals surface area (Å²) in [5.41, 5.74) is 0.00472. The molecule has 1 fully saturated rings. The number of carbonyl (C=O) groups is 1. The van der Waals surface area contributed by atoms with E-state index in [2.05, 4.69) is 27.7 Å². The van der Waals surface area contributed by atoms with E-state index < -0.39 is 0 Å². The minimum absolute atomic E-state index is 0.00472. The lowest BCUT2D eigenvalue weighted by Crippen LogP contribution is -2.31. The third kappa shape index (κ3) is 6.98. The lowest BCUT2D eigenvalue weighted by Gasteiger charge is -2.25. The number of hydrogen-bond acceptors (Lipinski definition) is 1. The van der Waals surface area contributed by atoms with Gasteiger partial charge in [-0.1, -0.05) is 67.2 Å². The van der Waals surface area contributed by atoms with Crippen molar-refractivity contribution in [3.8, 4) is 0 Å². The van der Waals surface area contributed by atoms with Crippen LogP contribution in [-0.2, 0) is 4.79 Å². The van der Waals surface area contributed by atoms with Crippen molar-refractivity contribution in [2.75, 3.05) is 13.6 Å². The van der Waals surface area contributed by atoms with E-state index in [-0.39, 0.29) is 5.41 Å². The Hall–Kier alpha value is -0.530. The molecule has 1 aliphatic rings. The van der Waals surface area contributed by atoms with E-state index in [0.717, 1.165) is 25.8 Å². The molecule has 0 spiro atoms. The number of hydrogen-bond donors (Lipinski definition) is 0. The highest BCUT2D eigenvalue weighted by Gasteiger charge is 2.42. The predicted octanol–water partition coefficient (Wildman–Crippen LogP) is 5.27. The number of nitrogens with zero attached hydrogens (tertiary/aromatic N) is 1. The maximum atomic E-state index is 11.9. The molecule has 1 heterocycles. The van der Waals surface area contributed by atoms with Crippen LogP contribution in [0.25, 0.3) is 0 Å². The van der Waals surface area contributed by atoms with Crippen molar-refractivity contribution in [1.82, 2.24) is 4.90 Å². The van der Waals surface area contributed by atoms with Gasteiger partial charge in [0.1, 0.15) is 0 Å². The summed E-state index contributed by atoms with van der Waals surface area (Å²) >= 11 is 0. The number of carbonyl (C=O) groups excluding carboxylic acids is 1. The summed E-state index contributed by atoms with van der Waals surface area (Å²) in [6, 6.07) is 0. The second-order valence-electron chi connectivity index (χ2n) is 5.21. The second kappa shape index (κ2) is 12.5. The third-order valence-corrected chi connectivity index (χ3v) is 3.91. The van der Waals surface area contributed by atoms with Crippen LogP contribution in [0.3, 0.4) is 0 Å². The molecular formula is C17H37NO. The number of rotatable bonds is 5. The van der Waals surface area contributed by atoms with Crippen molar-refractivity contribution < 1.29 is 4.79 Å². The minimum Gasteiger partial charge on any atom is -0.345 e. The normalized spacial score (nSPS) is 21.4. The van der Waals surface area contributed by atoms with Crippen LogP contribution in [0.15, 0.2) is 0 Å². The molecule has 0 bridgehead atoms. The summed E-state index contributed by atoms with van der Waals surface area (Å²) in [5, 5.41) is 0. The fourth-order valence-electron chi connectivity index (χ4n) is 2.25. The lowest BCUT2D eigenvalue weighted by atomic mass is 9.79. The van der Waals surface area contributed by atoms with Crippen molar-refractivity contribution >= 4 is 5.91 Å². The zero-order chi connectivity index (χ0) is 15.3. The maximum Gasteiger partial charge on any atom is 0.228 e. The van der Waals surface area contributed by atoms with Crippen molar-refractivity contribution in [2.24, 2.45) is 5.41 Å². The molecule has 19 heavy (non-hydrogen) atoms. The van der Waals surface area contributed by atoms with Crippen molar-refractivity contribution in [3.63, 3.8) is 0 Å². The fourth-order valence-corrected chi connectivity index (χ4v) is 2.25. The van der Waals surface area contributed by atoms with Crippen molar-refractivity contribution in [3.05, 3.63) is 0 Å². The number of likely N-dealkylation sites (tertiary alicyclic amines) is 1. The van der Waals surface area contributed by atoms with Crippen LogP contribution in [0.4, 0.5) is 0 Å². The first-order valence-corrected chi connectivity index (χ1v) is 8.33. The lowest BCUT2D eigenvalue weighted by molar-refractivity contribution is -0.135. The van der Waals surface area contributed by atoms with Gasteiger partial charge in [0.15, 0.2) is 0 Å². The first-order chi connectivity index (χ1) is 9.07. The van der Waals surface area contributed by atoms with Crippen LogP contribution in [-0.4, -0.2) is 24.4 Å². The molecule has 116 valence electrons. The van der Waals surface area contributed by atoms with Crippen LogP contribution in [0.5, 0.6) is 0 Å². The summed E-state index contributed by atoms with van der Waals surface area (Å²) in [5.74, 6) is 0.378. The third-order valence-electron chi connectivity index (χ3n) is 3.91. The van der Waals surface area contributed by atoms with E-state index in [0.29, 0.717) is 5.91 Å². The summed E-state index contributed by atoms with van der Waals surface area (Å²) in [6.07, 6.45) is 8.18. The summed E-state index contributed by atoms with van der Waals surface area (Å²) in [4.78, 5) is 13.8. The van der Waals surface area contributed by atoms with Crippen molar-refractivity contribution in [1.29, 1.82) is 0 Å². The van der Waals surface area contributed by atoms with Crippen LogP contribution in [0.2, 0.25) is 0 Å². The Labute approximate surface area is 122 Å². The van der Waals surface area contributed by atoms with Crippen LogP contribution in [0.1, 0.15) is 86.5 Å². The Morgan fingerprint density at radius 3 is 1.84 bits per heavy atom. The Morgan fingerprint density at radius 2 is 1.58 bits per heavy atom. The van der Waals surface area contributed by atoms with Crippen LogP contribution < -0.4 is 0 Å². The molecular weight excluding hydrogens is 234 g/mol. The maximum absolute atomic E-state index is 11.9. The van der Waals surface area contributed by atoms with E-state index in [1.807, 2.05) is 25.8 Å². The molecule has 2 heteroatoms. The summed E-state index contributed by atoms with van der Waals surface area (Å²) in [7, 11) is 1.92. The van der Waals surface area contributed by atoms with E-state index in [4.69, 9.17) is 0 Å². The summed E-state index contributed by atoms with van der Waals surface area (Å²) in [6.45, 7) is 13.6. The van der Waals surface area contributed by atoms with Gasteiger partial charge >= 0.3 is 0 Å². The molecule has 0 N–H and O–H groups in total. The smallest absolute Gasteiger partial charge is 0.228 e. The van der Waals surface area contributed by atoms with Crippen LogP contribution >= 0.6 is 0 Å². The predicted molar refractivity (Wildman–Crippen MR) is 86.4 cm³/mol. The van der Waals surface area contributed by atoms with Gasteiger partial charge in [-0.15, -0.1) is 0 Å². The van der Waals surface area contributed by atoms with Gasteiger partial charge in [0.25, 0.3) is 0 Å². The Morgan fingerprint density at radius 1 is 1.05 bits per heavy atom. The Balaban J connectivity index is 0. The van der Waals surface area contributed by atoms with Gasteiger partial charge in [0.05, 0.1) is 5.41 Å². The highest BCUT2D eigenvalue weighted by molar-refractivity contribution is 5.84. The first kappa shape index (κ1) is 20.8. The zero-order valence-electron chi connectivity index (χ0n) is 14.5. The van der Waals surface area contributed by atoms with Gasteiger partial charge in [-0.25, -0.2) is 0 Å². The molecule has 0 aromatic carbocycles. The molecule has 0 saturated carbocycles. The van der Waals surface area contributed by atoms with E-state index >= 15 is 0 Å². The van der Waals surface area contributed by atoms with Gasteiger partial charge < -0.3 is 4.90 Å². The quantitative estimate of drug-likeness (QED) is 0.667. The molecule has 1 saturated heterocycles. The molecule has 1 amide bonds. The average molecular weight is 271 g/mol. The molecule has 1 unspecified atom stereocenters. The molecule has 0 radical (unpaired) electrons. The van der Waals surface area contributed by atoms with E-state index in [9.17, 15) is 4.79 Å². The Bertz CT molecular complexity index is 213. The van der Waals surface area contributed by atoms with E-state index in [1.165, 1.54) is 25.7 Å². The van der Waals surface area contributed by atoms with Gasteiger partial charge in [0, 0.05) is 13.6 Å². The minimum atomic E-state index is 0.00472. The molecule has 1 rings (SSSR count). The zero-order valence-corrected chi connectivity index (χ0v) is 14.5. The van der Waals surface area contributed by atoms with Gasteiger partial charge in [-0.05, 0) is 19.3 Å². The molecule has 1 aliphatic heterocycles. The highest BCUT2D eigenvalue weighted by atomic mass is 16.2. The largest absolute Gasteiger partial charge is 0.345 e. The number of unbranched alkanes of at least 4 members (excludes halogenated alkanes) is 2. The van der Waals surface area contributed by atoms with E-state index in [1.54, 1.807) is 0 Å². The van der Waals surface area contributed by atoms with Gasteiger partial charge in [-0.3, -0.25) is 4.79 Å². The Kier molecular flexibility index (Phi) is 13.7. The number of amides is 1. The molecule has 0 aromatic heterocycles. The molecule has 1 atom stereocenters. The fraction of sp³-hybridized carbons (Fsp3) is 0.941. The summed E-state index contributed by atoms with van der Waals surface area (Å²) < 4.78 is 0. The second-order valence-corrected chi connectivity index (χ2v) is 5.21. The van der Waals surface area contributed by atoms with Gasteiger partial charge in [0.2, 0.25) is 5.91 Å². The topological polar surface area (TPSA) is 20.3 Å². The average Bonchev–Trinajstić information content (AvgIpc) is 2.76. The first-order valence-electron chi connectivity index (χ1n) is 8.33. The standard InChI is InChI=1S/C11H21NO.C4H10.C2H6/c1-4-6-7-11(5-2)8-9-12(3)10(11)13;1-3-4-2;1-2/h4-9H2,1-3H3;3-4H2,1-2H3;1-2H3.